The molecule has 27 heavy (non-hydrogen) atoms. The molecule has 0 bridgehead atoms. The highest BCUT2D eigenvalue weighted by Crippen LogP contribution is 2.35. The van der Waals surface area contributed by atoms with Crippen LogP contribution in [-0.4, -0.2) is 61.8 Å². The summed E-state index contributed by atoms with van der Waals surface area (Å²) in [5.74, 6) is 2.97. The van der Waals surface area contributed by atoms with E-state index >= 15 is 0 Å². The van der Waals surface area contributed by atoms with Crippen LogP contribution in [0.3, 0.4) is 0 Å². The molecule has 0 amide bonds. The predicted molar refractivity (Wildman–Crippen MR) is 127 cm³/mol. The highest BCUT2D eigenvalue weighted by Gasteiger charge is 2.32. The van der Waals surface area contributed by atoms with Gasteiger partial charge in [0.1, 0.15) is 5.75 Å². The molecule has 1 fully saturated rings. The zero-order valence-electron chi connectivity index (χ0n) is 17.0. The third-order valence-corrected chi connectivity index (χ3v) is 6.09. The van der Waals surface area contributed by atoms with E-state index in [0.29, 0.717) is 0 Å². The first-order valence-electron chi connectivity index (χ1n) is 9.46. The topological polar surface area (TPSA) is 46.1 Å². The standard InChI is InChI=1S/C20H33N3O2S.HI/c1-5-21-19(22-16-20(26-6-2)11-13-25-14-12-20)23(3)15-17-7-9-18(24-4)10-8-17;/h7-10H,5-6,11-16H2,1-4H3,(H,21,22);1H. The van der Waals surface area contributed by atoms with Gasteiger partial charge in [0, 0.05) is 38.1 Å². The van der Waals surface area contributed by atoms with Gasteiger partial charge in [-0.1, -0.05) is 19.1 Å². The number of nitrogens with one attached hydrogen (secondary N) is 1. The lowest BCUT2D eigenvalue weighted by molar-refractivity contribution is 0.0793. The first-order chi connectivity index (χ1) is 12.6. The second kappa shape index (κ2) is 12.7. The van der Waals surface area contributed by atoms with Gasteiger partial charge in [-0.2, -0.15) is 11.8 Å². The van der Waals surface area contributed by atoms with Crippen molar-refractivity contribution >= 4 is 41.7 Å². The maximum atomic E-state index is 5.57. The molecule has 0 atom stereocenters. The number of rotatable bonds is 8. The van der Waals surface area contributed by atoms with E-state index in [1.807, 2.05) is 23.9 Å². The molecule has 2 rings (SSSR count). The summed E-state index contributed by atoms with van der Waals surface area (Å²) < 4.78 is 11.0. The van der Waals surface area contributed by atoms with Crippen LogP contribution in [0.2, 0.25) is 0 Å². The van der Waals surface area contributed by atoms with Crippen molar-refractivity contribution < 1.29 is 9.47 Å². The molecule has 1 N–H and O–H groups in total. The molecule has 0 radical (unpaired) electrons. The Hall–Kier alpha value is -0.670. The van der Waals surface area contributed by atoms with Crippen LogP contribution in [0.25, 0.3) is 0 Å². The Morgan fingerprint density at radius 2 is 1.93 bits per heavy atom. The van der Waals surface area contributed by atoms with Crippen molar-refractivity contribution in [2.24, 2.45) is 4.99 Å². The summed E-state index contributed by atoms with van der Waals surface area (Å²) in [6.07, 6.45) is 2.16. The molecule has 0 unspecified atom stereocenters. The largest absolute Gasteiger partial charge is 0.497 e. The molecule has 1 aromatic rings. The highest BCUT2D eigenvalue weighted by atomic mass is 127. The summed E-state index contributed by atoms with van der Waals surface area (Å²) in [5, 5.41) is 3.43. The molecule has 0 aromatic heterocycles. The van der Waals surface area contributed by atoms with Crippen LogP contribution in [0.15, 0.2) is 29.3 Å². The lowest BCUT2D eigenvalue weighted by Crippen LogP contribution is -2.41. The van der Waals surface area contributed by atoms with Crippen LogP contribution in [-0.2, 0) is 11.3 Å². The Labute approximate surface area is 185 Å². The van der Waals surface area contributed by atoms with Crippen molar-refractivity contribution in [1.82, 2.24) is 10.2 Å². The number of guanidine groups is 1. The van der Waals surface area contributed by atoms with E-state index in [2.05, 4.69) is 43.2 Å². The van der Waals surface area contributed by atoms with Gasteiger partial charge in [0.05, 0.1) is 13.7 Å². The van der Waals surface area contributed by atoms with Gasteiger partial charge < -0.3 is 19.7 Å². The van der Waals surface area contributed by atoms with Gasteiger partial charge in [0.15, 0.2) is 5.96 Å². The van der Waals surface area contributed by atoms with E-state index in [4.69, 9.17) is 14.5 Å². The fraction of sp³-hybridized carbons (Fsp3) is 0.650. The summed E-state index contributed by atoms with van der Waals surface area (Å²) in [6.45, 7) is 8.55. The van der Waals surface area contributed by atoms with Crippen LogP contribution in [0.1, 0.15) is 32.3 Å². The molecule has 0 saturated carbocycles. The minimum Gasteiger partial charge on any atom is -0.497 e. The Morgan fingerprint density at radius 1 is 1.26 bits per heavy atom. The van der Waals surface area contributed by atoms with Crippen LogP contribution in [0.4, 0.5) is 0 Å². The van der Waals surface area contributed by atoms with E-state index in [0.717, 1.165) is 63.2 Å². The molecular formula is C20H34IN3O2S. The molecule has 1 aliphatic heterocycles. The smallest absolute Gasteiger partial charge is 0.194 e. The fourth-order valence-corrected chi connectivity index (χ4v) is 4.39. The molecular weight excluding hydrogens is 473 g/mol. The summed E-state index contributed by atoms with van der Waals surface area (Å²) in [4.78, 5) is 7.18. The van der Waals surface area contributed by atoms with Gasteiger partial charge in [0.2, 0.25) is 0 Å². The fourth-order valence-electron chi connectivity index (χ4n) is 3.17. The van der Waals surface area contributed by atoms with Gasteiger partial charge in [0.25, 0.3) is 0 Å². The van der Waals surface area contributed by atoms with Crippen LogP contribution in [0.5, 0.6) is 5.75 Å². The van der Waals surface area contributed by atoms with Gasteiger partial charge in [-0.3, -0.25) is 4.99 Å². The SMILES string of the molecule is CCNC(=NCC1(SCC)CCOCC1)N(C)Cc1ccc(OC)cc1.I. The lowest BCUT2D eigenvalue weighted by Gasteiger charge is -2.35. The Bertz CT molecular complexity index is 557. The van der Waals surface area contributed by atoms with Crippen molar-refractivity contribution in [2.45, 2.75) is 38.0 Å². The minimum atomic E-state index is 0. The number of hydrogen-bond donors (Lipinski definition) is 1. The predicted octanol–water partition coefficient (Wildman–Crippen LogP) is 4.01. The van der Waals surface area contributed by atoms with Crippen molar-refractivity contribution in [1.29, 1.82) is 0 Å². The average Bonchev–Trinajstić information content (AvgIpc) is 2.66. The number of halogens is 1. The number of ether oxygens (including phenoxy) is 2. The van der Waals surface area contributed by atoms with E-state index in [9.17, 15) is 0 Å². The average molecular weight is 507 g/mol. The third kappa shape index (κ3) is 7.69. The molecule has 1 aromatic carbocycles. The Kier molecular flexibility index (Phi) is 11.5. The van der Waals surface area contributed by atoms with Crippen molar-refractivity contribution in [3.8, 4) is 5.75 Å². The lowest BCUT2D eigenvalue weighted by atomic mass is 9.99. The highest BCUT2D eigenvalue weighted by molar-refractivity contribution is 14.0. The van der Waals surface area contributed by atoms with E-state index in [1.54, 1.807) is 7.11 Å². The first-order valence-corrected chi connectivity index (χ1v) is 10.4. The number of hydrogen-bond acceptors (Lipinski definition) is 4. The van der Waals surface area contributed by atoms with Gasteiger partial charge in [-0.15, -0.1) is 24.0 Å². The van der Waals surface area contributed by atoms with Gasteiger partial charge in [-0.25, -0.2) is 0 Å². The number of thioether (sulfide) groups is 1. The Morgan fingerprint density at radius 3 is 2.48 bits per heavy atom. The molecule has 5 nitrogen and oxygen atoms in total. The summed E-state index contributed by atoms with van der Waals surface area (Å²) in [7, 11) is 3.78. The third-order valence-electron chi connectivity index (χ3n) is 4.65. The molecule has 7 heteroatoms. The normalized spacial score (nSPS) is 16.4. The van der Waals surface area contributed by atoms with E-state index in [1.165, 1.54) is 5.56 Å². The summed E-state index contributed by atoms with van der Waals surface area (Å²) >= 11 is 2.03. The van der Waals surface area contributed by atoms with Crippen LogP contribution >= 0.6 is 35.7 Å². The maximum Gasteiger partial charge on any atom is 0.194 e. The van der Waals surface area contributed by atoms with Gasteiger partial charge in [-0.05, 0) is 43.2 Å². The summed E-state index contributed by atoms with van der Waals surface area (Å²) in [6, 6.07) is 8.21. The van der Waals surface area contributed by atoms with Gasteiger partial charge >= 0.3 is 0 Å². The monoisotopic (exact) mass is 507 g/mol. The number of aliphatic imine (C=N–C) groups is 1. The molecule has 1 heterocycles. The Balaban J connectivity index is 0.00000364. The summed E-state index contributed by atoms with van der Waals surface area (Å²) in [5.41, 5.74) is 1.24. The molecule has 0 spiro atoms. The molecule has 1 saturated heterocycles. The maximum absolute atomic E-state index is 5.57. The molecule has 154 valence electrons. The second-order valence-corrected chi connectivity index (χ2v) is 8.33. The quantitative estimate of drug-likeness (QED) is 0.327. The van der Waals surface area contributed by atoms with E-state index in [-0.39, 0.29) is 28.7 Å². The van der Waals surface area contributed by atoms with E-state index < -0.39 is 0 Å². The number of nitrogens with zero attached hydrogens (tertiary/aromatic N) is 2. The molecule has 1 aliphatic rings. The first kappa shape index (κ1) is 24.4. The van der Waals surface area contributed by atoms with Crippen molar-refractivity contribution in [3.63, 3.8) is 0 Å². The van der Waals surface area contributed by atoms with Crippen LogP contribution < -0.4 is 10.1 Å². The zero-order valence-corrected chi connectivity index (χ0v) is 20.1. The minimum absolute atomic E-state index is 0. The molecule has 0 aliphatic carbocycles. The second-order valence-electron chi connectivity index (χ2n) is 6.60. The van der Waals surface area contributed by atoms with Crippen LogP contribution in [0, 0.1) is 0 Å². The zero-order chi connectivity index (χ0) is 18.8. The van der Waals surface area contributed by atoms with Crippen molar-refractivity contribution in [2.75, 3.05) is 46.2 Å². The number of benzene rings is 1. The van der Waals surface area contributed by atoms with Crippen molar-refractivity contribution in [3.05, 3.63) is 29.8 Å². The number of methoxy groups -OCH3 is 1.